The molecule has 0 nitrogen and oxygen atoms in total. The van der Waals surface area contributed by atoms with Crippen LogP contribution >= 0.6 is 0 Å². The third-order valence-corrected chi connectivity index (χ3v) is 1.84. The molecule has 0 N–H and O–H groups in total. The average Bonchev–Trinajstić information content (AvgIpc) is 1.89. The van der Waals surface area contributed by atoms with E-state index in [-0.39, 0.29) is 0 Å². The van der Waals surface area contributed by atoms with E-state index in [9.17, 15) is 0 Å². The Bertz CT molecular complexity index is 82.0. The molecule has 0 aromatic rings. The van der Waals surface area contributed by atoms with Gasteiger partial charge in [-0.05, 0) is 25.7 Å². The Morgan fingerprint density at radius 1 is 1.30 bits per heavy atom. The Morgan fingerprint density at radius 2 is 2.00 bits per heavy atom. The fourth-order valence-corrected chi connectivity index (χ4v) is 1.18. The first kappa shape index (κ1) is 9.74. The summed E-state index contributed by atoms with van der Waals surface area (Å²) in [7, 11) is 0. The summed E-state index contributed by atoms with van der Waals surface area (Å²) in [5.41, 5.74) is 0. The van der Waals surface area contributed by atoms with E-state index in [1.54, 1.807) is 0 Å². The van der Waals surface area contributed by atoms with Crippen LogP contribution in [0.3, 0.4) is 0 Å². The van der Waals surface area contributed by atoms with Crippen LogP contribution in [0.5, 0.6) is 0 Å². The smallest absolute Gasteiger partial charge is 0.0348 e. The lowest BCUT2D eigenvalue weighted by atomic mass is 10.0. The van der Waals surface area contributed by atoms with Crippen LogP contribution < -0.4 is 0 Å². The number of allylic oxidation sites excluding steroid dienone is 2. The van der Waals surface area contributed by atoms with Gasteiger partial charge in [-0.1, -0.05) is 38.8 Å². The summed E-state index contributed by atoms with van der Waals surface area (Å²) in [5, 5.41) is 0. The highest BCUT2D eigenvalue weighted by Gasteiger charge is 1.96. The number of rotatable bonds is 5. The van der Waals surface area contributed by atoms with Crippen LogP contribution in [-0.2, 0) is 0 Å². The van der Waals surface area contributed by atoms with Gasteiger partial charge in [-0.15, -0.1) is 0 Å². The van der Waals surface area contributed by atoms with Crippen LogP contribution in [0.25, 0.3) is 0 Å². The van der Waals surface area contributed by atoms with Crippen LogP contribution in [-0.4, -0.2) is 0 Å². The fraction of sp³-hybridized carbons (Fsp3) is 0.800. The highest BCUT2D eigenvalue weighted by atomic mass is 14.0. The van der Waals surface area contributed by atoms with Crippen LogP contribution in [0.15, 0.2) is 12.2 Å². The van der Waals surface area contributed by atoms with Gasteiger partial charge < -0.3 is 0 Å². The SMILES string of the molecule is C/C=C/CCC(C)CCC. The predicted octanol–water partition coefficient (Wildman–Crippen LogP) is 3.78. The highest BCUT2D eigenvalue weighted by Crippen LogP contribution is 2.11. The minimum absolute atomic E-state index is 0.918. The lowest BCUT2D eigenvalue weighted by molar-refractivity contribution is 0.490. The molecule has 0 aliphatic carbocycles. The minimum Gasteiger partial charge on any atom is -0.0917 e. The molecule has 0 heteroatoms. The van der Waals surface area contributed by atoms with Gasteiger partial charge in [-0.3, -0.25) is 0 Å². The molecule has 0 amide bonds. The minimum atomic E-state index is 0.918. The van der Waals surface area contributed by atoms with E-state index in [1.807, 2.05) is 0 Å². The molecule has 0 aliphatic rings. The molecule has 0 saturated heterocycles. The summed E-state index contributed by atoms with van der Waals surface area (Å²) in [6, 6.07) is 0. The molecule has 60 valence electrons. The predicted molar refractivity (Wildman–Crippen MR) is 48.1 cm³/mol. The van der Waals surface area contributed by atoms with Crippen LogP contribution in [0.4, 0.5) is 0 Å². The van der Waals surface area contributed by atoms with Crippen LogP contribution in [0.2, 0.25) is 0 Å². The molecule has 0 fully saturated rings. The summed E-state index contributed by atoms with van der Waals surface area (Å²) in [6.07, 6.45) is 9.73. The van der Waals surface area contributed by atoms with E-state index in [2.05, 4.69) is 32.9 Å². The first-order chi connectivity index (χ1) is 4.81. The van der Waals surface area contributed by atoms with Crippen molar-refractivity contribution in [3.63, 3.8) is 0 Å². The van der Waals surface area contributed by atoms with Crippen molar-refractivity contribution >= 4 is 0 Å². The Balaban J connectivity index is 3.12. The Hall–Kier alpha value is -0.260. The fourth-order valence-electron chi connectivity index (χ4n) is 1.18. The summed E-state index contributed by atoms with van der Waals surface area (Å²) >= 11 is 0. The largest absolute Gasteiger partial charge is 0.0917 e. The van der Waals surface area contributed by atoms with Gasteiger partial charge in [0.15, 0.2) is 0 Å². The zero-order valence-corrected chi connectivity index (χ0v) is 7.56. The molecule has 0 heterocycles. The highest BCUT2D eigenvalue weighted by molar-refractivity contribution is 4.77. The molecule has 0 rings (SSSR count). The van der Waals surface area contributed by atoms with Crippen molar-refractivity contribution in [2.45, 2.75) is 46.5 Å². The topological polar surface area (TPSA) is 0 Å². The van der Waals surface area contributed by atoms with Gasteiger partial charge in [-0.2, -0.15) is 0 Å². The summed E-state index contributed by atoms with van der Waals surface area (Å²) in [6.45, 7) is 6.68. The molecule has 0 aliphatic heterocycles. The average molecular weight is 140 g/mol. The number of hydrogen-bond donors (Lipinski definition) is 0. The maximum absolute atomic E-state index is 2.34. The molecular formula is C10H20. The monoisotopic (exact) mass is 140 g/mol. The van der Waals surface area contributed by atoms with Crippen molar-refractivity contribution in [1.29, 1.82) is 0 Å². The van der Waals surface area contributed by atoms with E-state index >= 15 is 0 Å². The molecule has 10 heavy (non-hydrogen) atoms. The molecule has 1 atom stereocenters. The lowest BCUT2D eigenvalue weighted by Gasteiger charge is -2.06. The Kier molecular flexibility index (Phi) is 6.68. The molecule has 0 aromatic carbocycles. The Morgan fingerprint density at radius 3 is 2.50 bits per heavy atom. The molecule has 0 saturated carbocycles. The zero-order chi connectivity index (χ0) is 7.82. The molecular weight excluding hydrogens is 120 g/mol. The second kappa shape index (κ2) is 6.85. The van der Waals surface area contributed by atoms with E-state index in [0.29, 0.717) is 0 Å². The standard InChI is InChI=1S/C10H20/c1-4-6-7-9-10(3)8-5-2/h4,6,10H,5,7-9H2,1-3H3/b6-4+. The van der Waals surface area contributed by atoms with Crippen molar-refractivity contribution in [3.05, 3.63) is 12.2 Å². The van der Waals surface area contributed by atoms with E-state index in [4.69, 9.17) is 0 Å². The van der Waals surface area contributed by atoms with Gasteiger partial charge in [-0.25, -0.2) is 0 Å². The van der Waals surface area contributed by atoms with Gasteiger partial charge in [0.2, 0.25) is 0 Å². The van der Waals surface area contributed by atoms with Crippen LogP contribution in [0, 0.1) is 5.92 Å². The van der Waals surface area contributed by atoms with Crippen molar-refractivity contribution in [1.82, 2.24) is 0 Å². The second-order valence-corrected chi connectivity index (χ2v) is 3.04. The normalized spacial score (nSPS) is 14.3. The van der Waals surface area contributed by atoms with Crippen LogP contribution in [0.1, 0.15) is 46.5 Å². The molecule has 0 spiro atoms. The zero-order valence-electron chi connectivity index (χ0n) is 7.56. The molecule has 1 unspecified atom stereocenters. The third-order valence-electron chi connectivity index (χ3n) is 1.84. The molecule has 0 bridgehead atoms. The van der Waals surface area contributed by atoms with Crippen molar-refractivity contribution in [2.75, 3.05) is 0 Å². The van der Waals surface area contributed by atoms with Gasteiger partial charge in [0, 0.05) is 0 Å². The summed E-state index contributed by atoms with van der Waals surface area (Å²) in [5.74, 6) is 0.918. The van der Waals surface area contributed by atoms with Gasteiger partial charge >= 0.3 is 0 Å². The Labute approximate surface area is 65.3 Å². The maximum Gasteiger partial charge on any atom is -0.0348 e. The van der Waals surface area contributed by atoms with E-state index in [0.717, 1.165) is 5.92 Å². The molecule has 0 aromatic heterocycles. The van der Waals surface area contributed by atoms with Gasteiger partial charge in [0.05, 0.1) is 0 Å². The summed E-state index contributed by atoms with van der Waals surface area (Å²) < 4.78 is 0. The summed E-state index contributed by atoms with van der Waals surface area (Å²) in [4.78, 5) is 0. The van der Waals surface area contributed by atoms with E-state index < -0.39 is 0 Å². The maximum atomic E-state index is 2.34. The van der Waals surface area contributed by atoms with Gasteiger partial charge in [0.1, 0.15) is 0 Å². The van der Waals surface area contributed by atoms with Crippen molar-refractivity contribution in [3.8, 4) is 0 Å². The van der Waals surface area contributed by atoms with E-state index in [1.165, 1.54) is 25.7 Å². The molecule has 0 radical (unpaired) electrons. The second-order valence-electron chi connectivity index (χ2n) is 3.04. The first-order valence-corrected chi connectivity index (χ1v) is 4.42. The number of hydrogen-bond acceptors (Lipinski definition) is 0. The lowest BCUT2D eigenvalue weighted by Crippen LogP contribution is -1.91. The quantitative estimate of drug-likeness (QED) is 0.510. The van der Waals surface area contributed by atoms with Crippen molar-refractivity contribution < 1.29 is 0 Å². The van der Waals surface area contributed by atoms with Gasteiger partial charge in [0.25, 0.3) is 0 Å². The first-order valence-electron chi connectivity index (χ1n) is 4.42. The third kappa shape index (κ3) is 5.87. The van der Waals surface area contributed by atoms with Crippen molar-refractivity contribution in [2.24, 2.45) is 5.92 Å².